The fourth-order valence-corrected chi connectivity index (χ4v) is 4.64. The first-order chi connectivity index (χ1) is 16.8. The molecule has 8 heteroatoms. The van der Waals surface area contributed by atoms with Gasteiger partial charge in [-0.15, -0.1) is 0 Å². The van der Waals surface area contributed by atoms with E-state index in [2.05, 4.69) is 15.9 Å². The maximum atomic E-state index is 14.1. The maximum Gasteiger partial charge on any atom is 0.346 e. The van der Waals surface area contributed by atoms with Crippen molar-refractivity contribution in [3.05, 3.63) is 100 Å². The lowest BCUT2D eigenvalue weighted by molar-refractivity contribution is -0.163. The monoisotopic (exact) mass is 537 g/mol. The summed E-state index contributed by atoms with van der Waals surface area (Å²) in [5.74, 6) is -3.69. The smallest absolute Gasteiger partial charge is 0.346 e. The van der Waals surface area contributed by atoms with Crippen LogP contribution in [0.25, 0.3) is 0 Å². The normalized spacial score (nSPS) is 18.7. The number of para-hydroxylation sites is 1. The minimum Gasteiger partial charge on any atom is -0.467 e. The zero-order valence-corrected chi connectivity index (χ0v) is 21.0. The number of anilines is 1. The van der Waals surface area contributed by atoms with E-state index in [9.17, 15) is 14.4 Å². The highest BCUT2D eigenvalue weighted by Gasteiger charge is 2.70. The van der Waals surface area contributed by atoms with Gasteiger partial charge in [0.05, 0.1) is 19.9 Å². The van der Waals surface area contributed by atoms with Crippen molar-refractivity contribution in [2.24, 2.45) is 5.92 Å². The summed E-state index contributed by atoms with van der Waals surface area (Å²) in [6, 6.07) is 22.7. The zero-order chi connectivity index (χ0) is 25.2. The van der Waals surface area contributed by atoms with Gasteiger partial charge in [-0.25, -0.2) is 14.7 Å². The van der Waals surface area contributed by atoms with Crippen molar-refractivity contribution in [1.29, 1.82) is 0 Å². The van der Waals surface area contributed by atoms with Gasteiger partial charge in [0.15, 0.2) is 5.78 Å². The van der Waals surface area contributed by atoms with Crippen LogP contribution >= 0.6 is 15.9 Å². The molecule has 0 amide bonds. The molecule has 0 radical (unpaired) electrons. The van der Waals surface area contributed by atoms with Gasteiger partial charge in [-0.05, 0) is 36.8 Å². The number of halogens is 1. The quantitative estimate of drug-likeness (QED) is 0.253. The van der Waals surface area contributed by atoms with Crippen molar-refractivity contribution in [3.8, 4) is 0 Å². The van der Waals surface area contributed by atoms with Gasteiger partial charge in [0, 0.05) is 10.0 Å². The first-order valence-electron chi connectivity index (χ1n) is 10.9. The van der Waals surface area contributed by atoms with E-state index < -0.39 is 35.3 Å². The third-order valence-electron chi connectivity index (χ3n) is 6.09. The number of carbonyl (C=O) groups is 3. The Morgan fingerprint density at radius 3 is 1.97 bits per heavy atom. The highest BCUT2D eigenvalue weighted by molar-refractivity contribution is 9.10. The molecule has 1 heterocycles. The van der Waals surface area contributed by atoms with E-state index in [1.54, 1.807) is 54.6 Å². The summed E-state index contributed by atoms with van der Waals surface area (Å²) in [6.45, 7) is 1.94. The van der Waals surface area contributed by atoms with Crippen LogP contribution in [0, 0.1) is 12.8 Å². The first kappa shape index (κ1) is 24.6. The van der Waals surface area contributed by atoms with Gasteiger partial charge in [0.2, 0.25) is 0 Å². The Labute approximate surface area is 211 Å². The number of benzene rings is 3. The highest BCUT2D eigenvalue weighted by atomic mass is 79.9. The van der Waals surface area contributed by atoms with Crippen molar-refractivity contribution >= 4 is 39.3 Å². The molecular formula is C27H24BrNO6. The van der Waals surface area contributed by atoms with Crippen LogP contribution in [0.5, 0.6) is 0 Å². The number of hydrogen-bond donors (Lipinski definition) is 0. The van der Waals surface area contributed by atoms with E-state index in [1.165, 1.54) is 0 Å². The number of ketones is 1. The molecule has 3 aromatic rings. The first-order valence-corrected chi connectivity index (χ1v) is 11.7. The van der Waals surface area contributed by atoms with Gasteiger partial charge in [-0.2, -0.15) is 0 Å². The molecule has 0 spiro atoms. The molecule has 2 unspecified atom stereocenters. The van der Waals surface area contributed by atoms with E-state index in [-0.39, 0.29) is 0 Å². The highest BCUT2D eigenvalue weighted by Crippen LogP contribution is 2.50. The summed E-state index contributed by atoms with van der Waals surface area (Å²) in [4.78, 5) is 47.5. The molecule has 0 saturated carbocycles. The lowest BCUT2D eigenvalue weighted by Crippen LogP contribution is -2.63. The topological polar surface area (TPSA) is 82.1 Å². The molecule has 4 rings (SSSR count). The number of Topliss-reactive ketones (excluding diaryl/α,β-unsaturated/α-hetero) is 1. The van der Waals surface area contributed by atoms with Crippen LogP contribution < -0.4 is 5.06 Å². The lowest BCUT2D eigenvalue weighted by Gasteiger charge is -2.35. The fourth-order valence-electron chi connectivity index (χ4n) is 4.38. The van der Waals surface area contributed by atoms with E-state index in [1.807, 2.05) is 31.2 Å². The Kier molecular flexibility index (Phi) is 7.05. The second-order valence-electron chi connectivity index (χ2n) is 8.16. The molecule has 35 heavy (non-hydrogen) atoms. The van der Waals surface area contributed by atoms with Crippen LogP contribution in [0.4, 0.5) is 5.69 Å². The Hall–Kier alpha value is -3.49. The van der Waals surface area contributed by atoms with Gasteiger partial charge in [-0.3, -0.25) is 9.63 Å². The summed E-state index contributed by atoms with van der Waals surface area (Å²) in [7, 11) is 2.33. The van der Waals surface area contributed by atoms with Crippen molar-refractivity contribution < 1.29 is 28.7 Å². The second-order valence-corrected chi connectivity index (χ2v) is 9.08. The number of hydroxylamine groups is 1. The Morgan fingerprint density at radius 1 is 0.857 bits per heavy atom. The molecule has 0 N–H and O–H groups in total. The molecule has 0 bridgehead atoms. The zero-order valence-electron chi connectivity index (χ0n) is 19.4. The lowest BCUT2D eigenvalue weighted by atomic mass is 9.74. The predicted molar refractivity (Wildman–Crippen MR) is 133 cm³/mol. The van der Waals surface area contributed by atoms with Crippen LogP contribution in [0.1, 0.15) is 27.6 Å². The number of rotatable bonds is 6. The third kappa shape index (κ3) is 4.24. The number of ether oxygens (including phenoxy) is 2. The van der Waals surface area contributed by atoms with Gasteiger partial charge in [-0.1, -0.05) is 76.1 Å². The van der Waals surface area contributed by atoms with Crippen LogP contribution in [0.3, 0.4) is 0 Å². The molecule has 180 valence electrons. The molecule has 1 fully saturated rings. The van der Waals surface area contributed by atoms with Gasteiger partial charge >= 0.3 is 11.9 Å². The number of hydrogen-bond acceptors (Lipinski definition) is 7. The van der Waals surface area contributed by atoms with Crippen molar-refractivity contribution in [2.45, 2.75) is 18.6 Å². The standard InChI is InChI=1S/C27H24BrNO6/c1-17-9-11-19(12-10-17)24-22(23(30)18-13-15-20(28)16-14-18)27(25(31)33-2,26(32)34-3)29(35-24)21-7-5-4-6-8-21/h4-16,22,24H,1-3H3. The summed E-state index contributed by atoms with van der Waals surface area (Å²) in [5.41, 5.74) is 0.110. The van der Waals surface area contributed by atoms with E-state index >= 15 is 0 Å². The Balaban J connectivity index is 2.00. The molecule has 3 aromatic carbocycles. The van der Waals surface area contributed by atoms with Crippen molar-refractivity contribution in [1.82, 2.24) is 0 Å². The Morgan fingerprint density at radius 2 is 1.43 bits per heavy atom. The summed E-state index contributed by atoms with van der Waals surface area (Å²) >= 11 is 3.37. The molecule has 0 aliphatic carbocycles. The van der Waals surface area contributed by atoms with Crippen LogP contribution in [0.2, 0.25) is 0 Å². The number of methoxy groups -OCH3 is 2. The van der Waals surface area contributed by atoms with Crippen molar-refractivity contribution in [2.75, 3.05) is 19.3 Å². The molecule has 1 aliphatic heterocycles. The molecule has 1 saturated heterocycles. The summed E-state index contributed by atoms with van der Waals surface area (Å²) < 4.78 is 11.0. The Bertz CT molecular complexity index is 1210. The summed E-state index contributed by atoms with van der Waals surface area (Å²) in [6.07, 6.45) is -0.981. The second kappa shape index (κ2) is 10.0. The minimum atomic E-state index is -2.23. The number of carbonyl (C=O) groups excluding carboxylic acids is 3. The van der Waals surface area contributed by atoms with Crippen LogP contribution in [0.15, 0.2) is 83.3 Å². The predicted octanol–water partition coefficient (Wildman–Crippen LogP) is 4.83. The van der Waals surface area contributed by atoms with E-state index in [4.69, 9.17) is 14.3 Å². The number of esters is 2. The molecule has 0 aromatic heterocycles. The van der Waals surface area contributed by atoms with Crippen LogP contribution in [-0.4, -0.2) is 37.5 Å². The maximum absolute atomic E-state index is 14.1. The largest absolute Gasteiger partial charge is 0.467 e. The van der Waals surface area contributed by atoms with Gasteiger partial charge in [0.1, 0.15) is 12.0 Å². The molecule has 7 nitrogen and oxygen atoms in total. The fraction of sp³-hybridized carbons (Fsp3) is 0.222. The number of aryl methyl sites for hydroxylation is 1. The molecule has 2 atom stereocenters. The average Bonchev–Trinajstić information content (AvgIpc) is 3.25. The summed E-state index contributed by atoms with van der Waals surface area (Å²) in [5, 5.41) is 1.16. The van der Waals surface area contributed by atoms with E-state index in [0.29, 0.717) is 16.8 Å². The molecular weight excluding hydrogens is 514 g/mol. The SMILES string of the molecule is COC(=O)C1(C(=O)OC)C(C(=O)c2ccc(Br)cc2)C(c2ccc(C)cc2)ON1c1ccccc1. The van der Waals surface area contributed by atoms with Crippen molar-refractivity contribution in [3.63, 3.8) is 0 Å². The minimum absolute atomic E-state index is 0.311. The average molecular weight is 538 g/mol. The number of nitrogens with zero attached hydrogens (tertiary/aromatic N) is 1. The third-order valence-corrected chi connectivity index (χ3v) is 6.62. The van der Waals surface area contributed by atoms with Crippen LogP contribution in [-0.2, 0) is 23.9 Å². The van der Waals surface area contributed by atoms with Gasteiger partial charge in [0.25, 0.3) is 5.54 Å². The molecule has 1 aliphatic rings. The van der Waals surface area contributed by atoms with Gasteiger partial charge < -0.3 is 9.47 Å². The van der Waals surface area contributed by atoms with E-state index in [0.717, 1.165) is 29.3 Å².